The number of fused-ring (bicyclic) bond motifs is 2. The molecule has 0 unspecified atom stereocenters. The van der Waals surface area contributed by atoms with Crippen molar-refractivity contribution in [2.75, 3.05) is 20.8 Å². The Morgan fingerprint density at radius 2 is 1.88 bits per heavy atom. The molecule has 2 N–H and O–H groups in total. The average Bonchev–Trinajstić information content (AvgIpc) is 2.82. The van der Waals surface area contributed by atoms with Crippen LogP contribution < -0.4 is 25.8 Å². The lowest BCUT2D eigenvalue weighted by Crippen LogP contribution is -2.34. The Hall–Kier alpha value is -4.14. The molecule has 0 fully saturated rings. The van der Waals surface area contributed by atoms with E-state index in [1.165, 1.54) is 15.0 Å². The molecule has 0 radical (unpaired) electrons. The highest BCUT2D eigenvalue weighted by Gasteiger charge is 2.16. The Bertz CT molecular complexity index is 1500. The number of aromatic nitrogens is 3. The fraction of sp³-hybridized carbons (Fsp3) is 0.250. The van der Waals surface area contributed by atoms with Gasteiger partial charge in [-0.1, -0.05) is 12.1 Å². The number of amides is 1. The molecule has 4 aromatic rings. The van der Waals surface area contributed by atoms with Crippen LogP contribution in [0, 0.1) is 12.3 Å². The van der Waals surface area contributed by atoms with Crippen LogP contribution >= 0.6 is 0 Å². The first-order valence-corrected chi connectivity index (χ1v) is 10.4. The smallest absolute Gasteiger partial charge is 0.267 e. The molecule has 1 aromatic carbocycles. The number of benzene rings is 1. The van der Waals surface area contributed by atoms with Crippen molar-refractivity contribution in [2.45, 2.75) is 13.3 Å². The van der Waals surface area contributed by atoms with Crippen LogP contribution in [0.1, 0.15) is 21.5 Å². The zero-order chi connectivity index (χ0) is 23.7. The molecule has 0 atom stereocenters. The Kier molecular flexibility index (Phi) is 5.87. The molecule has 9 heteroatoms. The van der Waals surface area contributed by atoms with Gasteiger partial charge in [0.15, 0.2) is 11.5 Å². The van der Waals surface area contributed by atoms with Crippen LogP contribution in [0.15, 0.2) is 47.4 Å². The third kappa shape index (κ3) is 3.93. The van der Waals surface area contributed by atoms with Crippen molar-refractivity contribution >= 4 is 22.6 Å². The predicted molar refractivity (Wildman–Crippen MR) is 124 cm³/mol. The molecular formula is C24H25N5O4. The molecule has 3 heterocycles. The number of aryl methyl sites for hydroxylation is 2. The molecule has 1 amide bonds. The average molecular weight is 447 g/mol. The largest absolute Gasteiger partial charge is 0.493 e. The zero-order valence-corrected chi connectivity index (χ0v) is 18.9. The number of nitrogens with one attached hydrogen (secondary N) is 2. The predicted octanol–water partition coefficient (Wildman–Crippen LogP) is 1.96. The maximum Gasteiger partial charge on any atom is 0.267 e. The van der Waals surface area contributed by atoms with Crippen molar-refractivity contribution in [2.24, 2.45) is 7.05 Å². The molecule has 0 bridgehead atoms. The summed E-state index contributed by atoms with van der Waals surface area (Å²) in [5.74, 6) is 0.828. The second-order valence-corrected chi connectivity index (χ2v) is 7.70. The summed E-state index contributed by atoms with van der Waals surface area (Å²) in [6.45, 7) is 2.22. The monoisotopic (exact) mass is 447 g/mol. The van der Waals surface area contributed by atoms with Gasteiger partial charge >= 0.3 is 0 Å². The van der Waals surface area contributed by atoms with Crippen molar-refractivity contribution in [1.29, 1.82) is 5.41 Å². The second kappa shape index (κ2) is 8.78. The second-order valence-electron chi connectivity index (χ2n) is 7.70. The Morgan fingerprint density at radius 3 is 2.61 bits per heavy atom. The highest BCUT2D eigenvalue weighted by Crippen LogP contribution is 2.27. The van der Waals surface area contributed by atoms with Gasteiger partial charge in [-0.25, -0.2) is 4.98 Å². The van der Waals surface area contributed by atoms with Gasteiger partial charge in [-0.05, 0) is 48.7 Å². The third-order valence-electron chi connectivity index (χ3n) is 5.65. The topological polar surface area (TPSA) is 111 Å². The summed E-state index contributed by atoms with van der Waals surface area (Å²) in [6.07, 6.45) is 2.21. The summed E-state index contributed by atoms with van der Waals surface area (Å²) in [5.41, 5.74) is 2.51. The van der Waals surface area contributed by atoms with Gasteiger partial charge < -0.3 is 19.4 Å². The number of carbonyl (C=O) groups excluding carboxylic acids is 1. The number of rotatable bonds is 6. The van der Waals surface area contributed by atoms with Gasteiger partial charge in [-0.3, -0.25) is 19.4 Å². The SMILES string of the molecule is COc1ccc(CCNC(=O)c2cc3c(=O)n4cccc(C)c4nc3n(C)c2=N)cc1OC. The fourth-order valence-electron chi connectivity index (χ4n) is 3.81. The lowest BCUT2D eigenvalue weighted by Gasteiger charge is -2.12. The van der Waals surface area contributed by atoms with Crippen molar-refractivity contribution in [3.05, 3.63) is 75.1 Å². The van der Waals surface area contributed by atoms with Crippen LogP contribution in [0.25, 0.3) is 16.7 Å². The standard InChI is InChI=1S/C24H25N5O4/c1-14-6-5-11-29-21(14)27-22-17(24(29)31)13-16(20(25)28(22)2)23(30)26-10-9-15-7-8-18(32-3)19(12-15)33-4/h5-8,11-13,25H,9-10H2,1-4H3,(H,26,30). The molecule has 0 spiro atoms. The van der Waals surface area contributed by atoms with Gasteiger partial charge in [0, 0.05) is 19.8 Å². The molecule has 0 aliphatic heterocycles. The molecule has 3 aromatic heterocycles. The highest BCUT2D eigenvalue weighted by molar-refractivity contribution is 5.96. The number of methoxy groups -OCH3 is 2. The number of pyridine rings is 2. The summed E-state index contributed by atoms with van der Waals surface area (Å²) in [6, 6.07) is 10.7. The maximum absolute atomic E-state index is 13.1. The minimum Gasteiger partial charge on any atom is -0.493 e. The molecule has 0 saturated carbocycles. The quantitative estimate of drug-likeness (QED) is 0.439. The fourth-order valence-corrected chi connectivity index (χ4v) is 3.81. The molecule has 9 nitrogen and oxygen atoms in total. The van der Waals surface area contributed by atoms with Crippen LogP contribution in [0.3, 0.4) is 0 Å². The van der Waals surface area contributed by atoms with E-state index in [9.17, 15) is 9.59 Å². The first-order chi connectivity index (χ1) is 15.8. The van der Waals surface area contributed by atoms with Gasteiger partial charge in [0.25, 0.3) is 11.5 Å². The number of hydrogen-bond acceptors (Lipinski definition) is 6. The van der Waals surface area contributed by atoms with Crippen molar-refractivity contribution in [3.8, 4) is 11.5 Å². The van der Waals surface area contributed by atoms with Crippen LogP contribution in [-0.4, -0.2) is 40.6 Å². The minimum absolute atomic E-state index is 0.0176. The normalized spacial score (nSPS) is 11.0. The molecular weight excluding hydrogens is 422 g/mol. The Labute approximate surface area is 189 Å². The number of hydrogen-bond donors (Lipinski definition) is 2. The van der Waals surface area contributed by atoms with Gasteiger partial charge in [-0.2, -0.15) is 0 Å². The van der Waals surface area contributed by atoms with Crippen LogP contribution in [0.4, 0.5) is 0 Å². The molecule has 0 saturated heterocycles. The van der Waals surface area contributed by atoms with Crippen molar-refractivity contribution < 1.29 is 14.3 Å². The summed E-state index contributed by atoms with van der Waals surface area (Å²) < 4.78 is 13.5. The number of nitrogens with zero attached hydrogens (tertiary/aromatic N) is 3. The molecule has 170 valence electrons. The van der Waals surface area contributed by atoms with E-state index < -0.39 is 5.91 Å². The minimum atomic E-state index is -0.424. The van der Waals surface area contributed by atoms with Crippen LogP contribution in [0.5, 0.6) is 11.5 Å². The summed E-state index contributed by atoms with van der Waals surface area (Å²) in [5, 5.41) is 11.6. The Balaban J connectivity index is 1.63. The van der Waals surface area contributed by atoms with Gasteiger partial charge in [0.1, 0.15) is 16.8 Å². The van der Waals surface area contributed by atoms with E-state index in [0.29, 0.717) is 35.8 Å². The molecule has 0 aliphatic rings. The molecule has 33 heavy (non-hydrogen) atoms. The first-order valence-electron chi connectivity index (χ1n) is 10.4. The van der Waals surface area contributed by atoms with Crippen LogP contribution in [-0.2, 0) is 13.5 Å². The van der Waals surface area contributed by atoms with E-state index in [-0.39, 0.29) is 22.0 Å². The lowest BCUT2D eigenvalue weighted by atomic mass is 10.1. The molecule has 4 rings (SSSR count). The summed E-state index contributed by atoms with van der Waals surface area (Å²) in [4.78, 5) is 30.6. The number of carbonyl (C=O) groups is 1. The van der Waals surface area contributed by atoms with E-state index in [4.69, 9.17) is 14.9 Å². The van der Waals surface area contributed by atoms with E-state index in [1.54, 1.807) is 33.5 Å². The Morgan fingerprint density at radius 1 is 1.12 bits per heavy atom. The zero-order valence-electron chi connectivity index (χ0n) is 18.9. The highest BCUT2D eigenvalue weighted by atomic mass is 16.5. The lowest BCUT2D eigenvalue weighted by molar-refractivity contribution is 0.0952. The third-order valence-corrected chi connectivity index (χ3v) is 5.65. The van der Waals surface area contributed by atoms with Crippen molar-refractivity contribution in [1.82, 2.24) is 19.3 Å². The van der Waals surface area contributed by atoms with E-state index in [1.807, 2.05) is 31.2 Å². The van der Waals surface area contributed by atoms with E-state index >= 15 is 0 Å². The number of ether oxygens (including phenoxy) is 2. The van der Waals surface area contributed by atoms with Crippen LogP contribution in [0.2, 0.25) is 0 Å². The van der Waals surface area contributed by atoms with Gasteiger partial charge in [0.05, 0.1) is 25.2 Å². The van der Waals surface area contributed by atoms with Gasteiger partial charge in [-0.15, -0.1) is 0 Å². The molecule has 0 aliphatic carbocycles. The van der Waals surface area contributed by atoms with Crippen molar-refractivity contribution in [3.63, 3.8) is 0 Å². The summed E-state index contributed by atoms with van der Waals surface area (Å²) >= 11 is 0. The maximum atomic E-state index is 13.1. The van der Waals surface area contributed by atoms with E-state index in [0.717, 1.165) is 11.1 Å². The van der Waals surface area contributed by atoms with E-state index in [2.05, 4.69) is 10.3 Å². The first kappa shape index (κ1) is 22.1. The van der Waals surface area contributed by atoms with Gasteiger partial charge in [0.2, 0.25) is 0 Å². The summed E-state index contributed by atoms with van der Waals surface area (Å²) in [7, 11) is 4.78.